The summed E-state index contributed by atoms with van der Waals surface area (Å²) >= 11 is 0. The Kier molecular flexibility index (Phi) is 6.73. The maximum Gasteiger partial charge on any atom is 0.271 e. The van der Waals surface area contributed by atoms with Crippen molar-refractivity contribution in [3.05, 3.63) is 89.7 Å². The zero-order valence-electron chi connectivity index (χ0n) is 15.5. The topological polar surface area (TPSA) is 72.8 Å². The molecule has 3 aromatic rings. The number of hydrogen-bond donors (Lipinski definition) is 1. The summed E-state index contributed by atoms with van der Waals surface area (Å²) < 4.78 is 11.6. The van der Waals surface area contributed by atoms with Gasteiger partial charge in [-0.25, -0.2) is 5.43 Å². The summed E-state index contributed by atoms with van der Waals surface area (Å²) in [6.45, 7) is 2.88. The van der Waals surface area contributed by atoms with Crippen molar-refractivity contribution in [2.75, 3.05) is 6.61 Å². The van der Waals surface area contributed by atoms with Gasteiger partial charge in [0.1, 0.15) is 6.61 Å². The third kappa shape index (κ3) is 5.41. The van der Waals surface area contributed by atoms with Crippen LogP contribution in [0.4, 0.5) is 0 Å². The van der Waals surface area contributed by atoms with Crippen LogP contribution in [0, 0.1) is 0 Å². The molecule has 142 valence electrons. The lowest BCUT2D eigenvalue weighted by molar-refractivity contribution is 0.0955. The fraction of sp³-hybridized carbons (Fsp3) is 0.136. The van der Waals surface area contributed by atoms with Crippen LogP contribution in [0.2, 0.25) is 0 Å². The van der Waals surface area contributed by atoms with E-state index >= 15 is 0 Å². The Balaban J connectivity index is 1.65. The highest BCUT2D eigenvalue weighted by atomic mass is 16.5. The van der Waals surface area contributed by atoms with Gasteiger partial charge in [0.25, 0.3) is 5.91 Å². The minimum absolute atomic E-state index is 0.300. The van der Waals surface area contributed by atoms with Gasteiger partial charge in [-0.05, 0) is 48.4 Å². The van der Waals surface area contributed by atoms with Gasteiger partial charge in [0.2, 0.25) is 0 Å². The highest BCUT2D eigenvalue weighted by Crippen LogP contribution is 2.28. The average molecular weight is 375 g/mol. The molecule has 0 aliphatic rings. The van der Waals surface area contributed by atoms with E-state index in [1.54, 1.807) is 30.7 Å². The van der Waals surface area contributed by atoms with E-state index in [2.05, 4.69) is 15.5 Å². The number of aromatic nitrogens is 1. The summed E-state index contributed by atoms with van der Waals surface area (Å²) in [6.07, 6.45) is 4.67. The number of nitrogens with one attached hydrogen (secondary N) is 1. The third-order valence-electron chi connectivity index (χ3n) is 3.83. The number of hydrogen-bond acceptors (Lipinski definition) is 5. The first-order valence-electron chi connectivity index (χ1n) is 8.93. The molecule has 6 nitrogen and oxygen atoms in total. The smallest absolute Gasteiger partial charge is 0.271 e. The number of rotatable bonds is 8. The molecule has 0 aliphatic carbocycles. The number of ether oxygens (including phenoxy) is 2. The fourth-order valence-electron chi connectivity index (χ4n) is 2.46. The number of amides is 1. The predicted molar refractivity (Wildman–Crippen MR) is 108 cm³/mol. The quantitative estimate of drug-likeness (QED) is 0.480. The van der Waals surface area contributed by atoms with E-state index < -0.39 is 0 Å². The van der Waals surface area contributed by atoms with E-state index in [0.29, 0.717) is 30.3 Å². The maximum atomic E-state index is 12.0. The van der Waals surface area contributed by atoms with Gasteiger partial charge in [0, 0.05) is 18.0 Å². The highest BCUT2D eigenvalue weighted by molar-refractivity contribution is 5.94. The fourth-order valence-corrected chi connectivity index (χ4v) is 2.46. The number of pyridine rings is 1. The molecule has 1 N–H and O–H groups in total. The lowest BCUT2D eigenvalue weighted by atomic mass is 10.2. The van der Waals surface area contributed by atoms with E-state index in [0.717, 1.165) is 11.1 Å². The molecule has 0 saturated carbocycles. The van der Waals surface area contributed by atoms with Crippen LogP contribution >= 0.6 is 0 Å². The molecule has 0 atom stereocenters. The summed E-state index contributed by atoms with van der Waals surface area (Å²) in [5, 5.41) is 4.00. The van der Waals surface area contributed by atoms with E-state index in [1.807, 2.05) is 55.5 Å². The molecule has 6 heteroatoms. The van der Waals surface area contributed by atoms with Crippen LogP contribution in [0.25, 0.3) is 0 Å². The Morgan fingerprint density at radius 1 is 1.04 bits per heavy atom. The monoisotopic (exact) mass is 375 g/mol. The van der Waals surface area contributed by atoms with Crippen LogP contribution in [0.15, 0.2) is 78.2 Å². The Labute approximate surface area is 163 Å². The van der Waals surface area contributed by atoms with Crippen LogP contribution in [0.5, 0.6) is 11.5 Å². The second-order valence-electron chi connectivity index (χ2n) is 5.85. The zero-order valence-corrected chi connectivity index (χ0v) is 15.5. The van der Waals surface area contributed by atoms with Crippen molar-refractivity contribution in [2.24, 2.45) is 5.10 Å². The van der Waals surface area contributed by atoms with Gasteiger partial charge in [-0.1, -0.05) is 30.3 Å². The number of hydrazone groups is 1. The predicted octanol–water partition coefficient (Wildman–Crippen LogP) is 3.82. The average Bonchev–Trinajstić information content (AvgIpc) is 2.75. The lowest BCUT2D eigenvalue weighted by Crippen LogP contribution is -2.17. The zero-order chi connectivity index (χ0) is 19.6. The van der Waals surface area contributed by atoms with Crippen molar-refractivity contribution in [2.45, 2.75) is 13.5 Å². The van der Waals surface area contributed by atoms with Crippen LogP contribution < -0.4 is 14.9 Å². The molecule has 3 rings (SSSR count). The van der Waals surface area contributed by atoms with Crippen molar-refractivity contribution in [3.8, 4) is 11.5 Å². The van der Waals surface area contributed by atoms with Crippen LogP contribution in [0.3, 0.4) is 0 Å². The molecule has 1 heterocycles. The van der Waals surface area contributed by atoms with Crippen molar-refractivity contribution in [3.63, 3.8) is 0 Å². The van der Waals surface area contributed by atoms with Gasteiger partial charge in [-0.2, -0.15) is 5.10 Å². The second kappa shape index (κ2) is 9.87. The molecule has 0 fully saturated rings. The van der Waals surface area contributed by atoms with Gasteiger partial charge in [-0.3, -0.25) is 9.78 Å². The Bertz CT molecular complexity index is 928. The number of carbonyl (C=O) groups is 1. The molecule has 0 spiro atoms. The van der Waals surface area contributed by atoms with Gasteiger partial charge in [0.05, 0.1) is 12.8 Å². The molecule has 2 aromatic carbocycles. The molecule has 0 saturated heterocycles. The Morgan fingerprint density at radius 2 is 1.82 bits per heavy atom. The molecule has 1 aromatic heterocycles. The van der Waals surface area contributed by atoms with Gasteiger partial charge in [-0.15, -0.1) is 0 Å². The maximum absolute atomic E-state index is 12.0. The van der Waals surface area contributed by atoms with Gasteiger partial charge < -0.3 is 9.47 Å². The first-order valence-corrected chi connectivity index (χ1v) is 8.93. The number of carbonyl (C=O) groups excluding carboxylic acids is 1. The number of benzene rings is 2. The minimum atomic E-state index is -0.300. The van der Waals surface area contributed by atoms with Gasteiger partial charge >= 0.3 is 0 Å². The second-order valence-corrected chi connectivity index (χ2v) is 5.85. The van der Waals surface area contributed by atoms with E-state index in [-0.39, 0.29) is 5.91 Å². The molecule has 0 bridgehead atoms. The molecule has 0 unspecified atom stereocenters. The summed E-state index contributed by atoms with van der Waals surface area (Å²) in [6, 6.07) is 18.7. The Hall–Kier alpha value is -3.67. The van der Waals surface area contributed by atoms with E-state index in [1.165, 1.54) is 0 Å². The standard InChI is InChI=1S/C22H21N3O3/c1-2-27-21-14-18(15-24-25-22(26)19-10-12-23-13-11-19)8-9-20(21)28-16-17-6-4-3-5-7-17/h3-15H,2,16H2,1H3,(H,25,26)/b24-15+. The van der Waals surface area contributed by atoms with Gasteiger partial charge in [0.15, 0.2) is 11.5 Å². The SMILES string of the molecule is CCOc1cc(/C=N/NC(=O)c2ccncc2)ccc1OCc1ccccc1. The largest absolute Gasteiger partial charge is 0.490 e. The third-order valence-corrected chi connectivity index (χ3v) is 3.83. The summed E-state index contributed by atoms with van der Waals surface area (Å²) in [5.74, 6) is 0.984. The van der Waals surface area contributed by atoms with Crippen molar-refractivity contribution < 1.29 is 14.3 Å². The van der Waals surface area contributed by atoms with E-state index in [4.69, 9.17) is 9.47 Å². The van der Waals surface area contributed by atoms with Crippen molar-refractivity contribution in [1.82, 2.24) is 10.4 Å². The molecular weight excluding hydrogens is 354 g/mol. The molecule has 28 heavy (non-hydrogen) atoms. The Morgan fingerprint density at radius 3 is 2.57 bits per heavy atom. The normalized spacial score (nSPS) is 10.6. The molecule has 0 radical (unpaired) electrons. The molecular formula is C22H21N3O3. The summed E-state index contributed by atoms with van der Waals surface area (Å²) in [4.78, 5) is 15.9. The lowest BCUT2D eigenvalue weighted by Gasteiger charge is -2.12. The minimum Gasteiger partial charge on any atom is -0.490 e. The highest BCUT2D eigenvalue weighted by Gasteiger charge is 2.07. The summed E-state index contributed by atoms with van der Waals surface area (Å²) in [5.41, 5.74) is 4.84. The molecule has 0 aliphatic heterocycles. The van der Waals surface area contributed by atoms with Crippen LogP contribution in [-0.2, 0) is 6.61 Å². The van der Waals surface area contributed by atoms with Crippen molar-refractivity contribution in [1.29, 1.82) is 0 Å². The first-order chi connectivity index (χ1) is 13.8. The summed E-state index contributed by atoms with van der Waals surface area (Å²) in [7, 11) is 0. The molecule has 1 amide bonds. The van der Waals surface area contributed by atoms with Crippen LogP contribution in [-0.4, -0.2) is 23.7 Å². The first kappa shape index (κ1) is 19.1. The number of nitrogens with zero attached hydrogens (tertiary/aromatic N) is 2. The van der Waals surface area contributed by atoms with Crippen molar-refractivity contribution >= 4 is 12.1 Å². The van der Waals surface area contributed by atoms with Crippen LogP contribution in [0.1, 0.15) is 28.4 Å². The van der Waals surface area contributed by atoms with E-state index in [9.17, 15) is 4.79 Å².